The number of thiophene rings is 1. The minimum atomic E-state index is -0.178. The lowest BCUT2D eigenvalue weighted by molar-refractivity contribution is -0.116. The van der Waals surface area contributed by atoms with Crippen molar-refractivity contribution >= 4 is 33.1 Å². The number of carbonyl (C=O) groups is 1. The Kier molecular flexibility index (Phi) is 6.03. The molecule has 1 aliphatic rings. The van der Waals surface area contributed by atoms with Crippen molar-refractivity contribution < 1.29 is 14.3 Å². The van der Waals surface area contributed by atoms with E-state index in [0.29, 0.717) is 29.4 Å². The number of rotatable bonds is 6. The maximum absolute atomic E-state index is 12.7. The third-order valence-electron chi connectivity index (χ3n) is 5.40. The maximum atomic E-state index is 12.7. The normalized spacial score (nSPS) is 13.5. The zero-order chi connectivity index (χ0) is 21.1. The number of carbonyl (C=O) groups excluding carboxylic acids is 1. The first-order chi connectivity index (χ1) is 14.6. The summed E-state index contributed by atoms with van der Waals surface area (Å²) in [7, 11) is 3.11. The quantitative estimate of drug-likeness (QED) is 0.583. The van der Waals surface area contributed by atoms with Crippen LogP contribution in [0.2, 0.25) is 0 Å². The van der Waals surface area contributed by atoms with Gasteiger partial charge in [-0.05, 0) is 43.4 Å². The van der Waals surface area contributed by atoms with Gasteiger partial charge in [-0.15, -0.1) is 11.3 Å². The third kappa shape index (κ3) is 4.18. The molecule has 2 N–H and O–H groups in total. The van der Waals surface area contributed by atoms with Gasteiger partial charge in [0.2, 0.25) is 5.91 Å². The SMILES string of the molecule is COc1ccc(NC(=O)CCc2nc3sc4c(c3c(=O)[nH]2)CCCCC4)c(OC)c1. The molecule has 0 saturated heterocycles. The number of hydrogen-bond donors (Lipinski definition) is 2. The summed E-state index contributed by atoms with van der Waals surface area (Å²) in [6.07, 6.45) is 6.03. The second-order valence-electron chi connectivity index (χ2n) is 7.37. The Morgan fingerprint density at radius 3 is 2.83 bits per heavy atom. The summed E-state index contributed by atoms with van der Waals surface area (Å²) in [6.45, 7) is 0. The molecule has 2 aromatic heterocycles. The number of aryl methyl sites for hydroxylation is 3. The summed E-state index contributed by atoms with van der Waals surface area (Å²) in [5.41, 5.74) is 1.66. The fourth-order valence-electron chi connectivity index (χ4n) is 3.85. The first-order valence-electron chi connectivity index (χ1n) is 10.1. The van der Waals surface area contributed by atoms with E-state index in [0.717, 1.165) is 29.5 Å². The van der Waals surface area contributed by atoms with Gasteiger partial charge in [-0.2, -0.15) is 0 Å². The van der Waals surface area contributed by atoms with Crippen molar-refractivity contribution in [1.82, 2.24) is 9.97 Å². The second kappa shape index (κ2) is 8.87. The van der Waals surface area contributed by atoms with E-state index >= 15 is 0 Å². The second-order valence-corrected chi connectivity index (χ2v) is 8.46. The van der Waals surface area contributed by atoms with Crippen LogP contribution in [0.4, 0.5) is 5.69 Å². The topological polar surface area (TPSA) is 93.3 Å². The minimum absolute atomic E-state index is 0.0911. The van der Waals surface area contributed by atoms with E-state index in [2.05, 4.69) is 15.3 Å². The van der Waals surface area contributed by atoms with Gasteiger partial charge in [0, 0.05) is 23.8 Å². The van der Waals surface area contributed by atoms with Crippen LogP contribution in [0, 0.1) is 0 Å². The van der Waals surface area contributed by atoms with Gasteiger partial charge in [0.15, 0.2) is 0 Å². The standard InChI is InChI=1S/C22H25N3O4S/c1-28-13-8-9-15(16(12-13)29-2)23-19(26)11-10-18-24-21(27)20-14-6-4-3-5-7-17(14)30-22(20)25-18/h8-9,12H,3-7,10-11H2,1-2H3,(H,23,26)(H,24,25,27). The van der Waals surface area contributed by atoms with Gasteiger partial charge in [-0.25, -0.2) is 4.98 Å². The van der Waals surface area contributed by atoms with Crippen LogP contribution in [0.25, 0.3) is 10.2 Å². The Balaban J connectivity index is 1.47. The number of ether oxygens (including phenoxy) is 2. The summed E-state index contributed by atoms with van der Waals surface area (Å²) in [6, 6.07) is 5.20. The number of nitrogens with zero attached hydrogens (tertiary/aromatic N) is 1. The summed E-state index contributed by atoms with van der Waals surface area (Å²) in [5, 5.41) is 3.59. The number of hydrogen-bond acceptors (Lipinski definition) is 6. The fraction of sp³-hybridized carbons (Fsp3) is 0.409. The van der Waals surface area contributed by atoms with E-state index in [1.54, 1.807) is 36.6 Å². The Hall–Kier alpha value is -2.87. The van der Waals surface area contributed by atoms with Gasteiger partial charge in [0.05, 0.1) is 25.3 Å². The molecule has 30 heavy (non-hydrogen) atoms. The molecule has 2 heterocycles. The molecule has 0 radical (unpaired) electrons. The maximum Gasteiger partial charge on any atom is 0.259 e. The number of H-pyrrole nitrogens is 1. The van der Waals surface area contributed by atoms with E-state index in [1.807, 2.05) is 0 Å². The van der Waals surface area contributed by atoms with Crippen LogP contribution in [0.15, 0.2) is 23.0 Å². The van der Waals surface area contributed by atoms with Crippen LogP contribution in [0.5, 0.6) is 11.5 Å². The van der Waals surface area contributed by atoms with Crippen LogP contribution in [0.3, 0.4) is 0 Å². The largest absolute Gasteiger partial charge is 0.497 e. The smallest absolute Gasteiger partial charge is 0.259 e. The summed E-state index contributed by atoms with van der Waals surface area (Å²) >= 11 is 1.63. The first-order valence-corrected chi connectivity index (χ1v) is 11.0. The Bertz CT molecular complexity index is 1140. The van der Waals surface area contributed by atoms with Crippen LogP contribution in [-0.2, 0) is 24.1 Å². The highest BCUT2D eigenvalue weighted by Crippen LogP contribution is 2.33. The van der Waals surface area contributed by atoms with Gasteiger partial charge < -0.3 is 19.8 Å². The average molecular weight is 428 g/mol. The highest BCUT2D eigenvalue weighted by Gasteiger charge is 2.19. The third-order valence-corrected chi connectivity index (χ3v) is 6.58. The van der Waals surface area contributed by atoms with E-state index in [-0.39, 0.29) is 17.9 Å². The first kappa shape index (κ1) is 20.4. The van der Waals surface area contributed by atoms with Crippen LogP contribution in [0.1, 0.15) is 41.9 Å². The highest BCUT2D eigenvalue weighted by atomic mass is 32.1. The Labute approximate surface area is 178 Å². The number of methoxy groups -OCH3 is 2. The number of nitrogens with one attached hydrogen (secondary N) is 2. The van der Waals surface area contributed by atoms with E-state index < -0.39 is 0 Å². The van der Waals surface area contributed by atoms with Crippen LogP contribution in [-0.4, -0.2) is 30.1 Å². The molecule has 3 aromatic rings. The van der Waals surface area contributed by atoms with Crippen LogP contribution >= 0.6 is 11.3 Å². The van der Waals surface area contributed by atoms with E-state index in [4.69, 9.17) is 9.47 Å². The Morgan fingerprint density at radius 2 is 2.03 bits per heavy atom. The molecule has 8 heteroatoms. The predicted octanol–water partition coefficient (Wildman–Crippen LogP) is 3.84. The van der Waals surface area contributed by atoms with Crippen molar-refractivity contribution in [3.05, 3.63) is 44.8 Å². The molecule has 158 valence electrons. The predicted molar refractivity (Wildman–Crippen MR) is 118 cm³/mol. The molecule has 0 spiro atoms. The number of amides is 1. The van der Waals surface area contributed by atoms with E-state index in [1.165, 1.54) is 30.4 Å². The molecular formula is C22H25N3O4S. The lowest BCUT2D eigenvalue weighted by Crippen LogP contribution is -2.16. The number of aromatic amines is 1. The monoisotopic (exact) mass is 427 g/mol. The molecule has 0 atom stereocenters. The lowest BCUT2D eigenvalue weighted by atomic mass is 10.1. The molecular weight excluding hydrogens is 402 g/mol. The number of aromatic nitrogens is 2. The van der Waals surface area contributed by atoms with Crippen molar-refractivity contribution in [3.63, 3.8) is 0 Å². The zero-order valence-electron chi connectivity index (χ0n) is 17.2. The molecule has 0 aliphatic heterocycles. The van der Waals surface area contributed by atoms with Gasteiger partial charge in [0.1, 0.15) is 22.2 Å². The van der Waals surface area contributed by atoms with Gasteiger partial charge in [-0.3, -0.25) is 9.59 Å². The molecule has 0 fully saturated rings. The molecule has 0 bridgehead atoms. The summed E-state index contributed by atoms with van der Waals surface area (Å²) in [4.78, 5) is 34.8. The lowest BCUT2D eigenvalue weighted by Gasteiger charge is -2.11. The number of anilines is 1. The van der Waals surface area contributed by atoms with Crippen molar-refractivity contribution in [2.75, 3.05) is 19.5 Å². The van der Waals surface area contributed by atoms with Crippen molar-refractivity contribution in [1.29, 1.82) is 0 Å². The minimum Gasteiger partial charge on any atom is -0.497 e. The number of fused-ring (bicyclic) bond motifs is 3. The fourth-order valence-corrected chi connectivity index (χ4v) is 5.13. The number of benzene rings is 1. The van der Waals surface area contributed by atoms with E-state index in [9.17, 15) is 9.59 Å². The highest BCUT2D eigenvalue weighted by molar-refractivity contribution is 7.18. The molecule has 1 amide bonds. The molecule has 1 aliphatic carbocycles. The van der Waals surface area contributed by atoms with Crippen LogP contribution < -0.4 is 20.3 Å². The molecule has 7 nitrogen and oxygen atoms in total. The Morgan fingerprint density at radius 1 is 1.20 bits per heavy atom. The zero-order valence-corrected chi connectivity index (χ0v) is 18.0. The summed E-state index contributed by atoms with van der Waals surface area (Å²) in [5.74, 6) is 1.54. The molecule has 1 aromatic carbocycles. The van der Waals surface area contributed by atoms with Crippen molar-refractivity contribution in [2.45, 2.75) is 44.9 Å². The molecule has 4 rings (SSSR count). The van der Waals surface area contributed by atoms with Crippen molar-refractivity contribution in [3.8, 4) is 11.5 Å². The van der Waals surface area contributed by atoms with Gasteiger partial charge >= 0.3 is 0 Å². The van der Waals surface area contributed by atoms with Gasteiger partial charge in [-0.1, -0.05) is 6.42 Å². The molecule has 0 saturated carbocycles. The van der Waals surface area contributed by atoms with Gasteiger partial charge in [0.25, 0.3) is 5.56 Å². The molecule has 0 unspecified atom stereocenters. The van der Waals surface area contributed by atoms with Crippen molar-refractivity contribution in [2.24, 2.45) is 0 Å². The average Bonchev–Trinajstić information content (AvgIpc) is 2.94. The summed E-state index contributed by atoms with van der Waals surface area (Å²) < 4.78 is 10.5.